The van der Waals surface area contributed by atoms with Crippen LogP contribution in [-0.2, 0) is 6.54 Å². The van der Waals surface area contributed by atoms with Gasteiger partial charge in [-0.2, -0.15) is 0 Å². The molecule has 0 saturated carbocycles. The third kappa shape index (κ3) is 2.71. The molecule has 0 aliphatic heterocycles. The maximum atomic E-state index is 12.5. The van der Waals surface area contributed by atoms with Crippen molar-refractivity contribution in [2.75, 3.05) is 13.1 Å². The highest BCUT2D eigenvalue weighted by Gasteiger charge is 2.36. The molecule has 24 heavy (non-hydrogen) atoms. The number of fused-ring (bicyclic) bond motifs is 3. The summed E-state index contributed by atoms with van der Waals surface area (Å²) in [6.07, 6.45) is 2.14. The molecule has 0 saturated heterocycles. The van der Waals surface area contributed by atoms with E-state index in [1.54, 1.807) is 12.1 Å². The molecule has 4 nitrogen and oxygen atoms in total. The van der Waals surface area contributed by atoms with E-state index in [-0.39, 0.29) is 0 Å². The Morgan fingerprint density at radius 1 is 0.958 bits per heavy atom. The molecule has 0 radical (unpaired) electrons. The quantitative estimate of drug-likeness (QED) is 0.745. The number of rotatable bonds is 6. The van der Waals surface area contributed by atoms with Crippen molar-refractivity contribution in [1.82, 2.24) is 4.90 Å². The predicted molar refractivity (Wildman–Crippen MR) is 93.4 cm³/mol. The van der Waals surface area contributed by atoms with Crippen LogP contribution in [0.25, 0.3) is 11.3 Å². The minimum Gasteiger partial charge on any atom is -0.459 e. The first-order valence-corrected chi connectivity index (χ1v) is 8.61. The molecule has 2 aromatic rings. The van der Waals surface area contributed by atoms with Gasteiger partial charge in [0.25, 0.3) is 0 Å². The van der Waals surface area contributed by atoms with Crippen molar-refractivity contribution in [3.63, 3.8) is 0 Å². The average Bonchev–Trinajstić information content (AvgIpc) is 2.90. The summed E-state index contributed by atoms with van der Waals surface area (Å²) in [6, 6.07) is 7.18. The van der Waals surface area contributed by atoms with Gasteiger partial charge in [0.05, 0.1) is 12.1 Å². The molecule has 0 amide bonds. The number of ketones is 2. The summed E-state index contributed by atoms with van der Waals surface area (Å²) in [5.74, 6) is 0.455. The van der Waals surface area contributed by atoms with Crippen molar-refractivity contribution in [3.05, 3.63) is 46.7 Å². The van der Waals surface area contributed by atoms with E-state index < -0.39 is 11.6 Å². The molecule has 0 bridgehead atoms. The van der Waals surface area contributed by atoms with Crippen molar-refractivity contribution in [2.24, 2.45) is 0 Å². The van der Waals surface area contributed by atoms with Crippen molar-refractivity contribution in [3.8, 4) is 11.3 Å². The number of Topliss-reactive ketones (excluding diaryl/α,β-unsaturated/α-hetero) is 2. The normalized spacial score (nSPS) is 13.3. The van der Waals surface area contributed by atoms with Gasteiger partial charge in [-0.25, -0.2) is 0 Å². The Hall–Kier alpha value is -2.20. The number of furan rings is 1. The lowest BCUT2D eigenvalue weighted by Crippen LogP contribution is -2.25. The van der Waals surface area contributed by atoms with Crippen LogP contribution in [0.1, 0.15) is 58.7 Å². The summed E-state index contributed by atoms with van der Waals surface area (Å²) in [4.78, 5) is 27.2. The number of hydrogen-bond acceptors (Lipinski definition) is 4. The lowest BCUT2D eigenvalue weighted by atomic mass is 9.87. The Balaban J connectivity index is 2.04. The van der Waals surface area contributed by atoms with E-state index in [1.807, 2.05) is 19.1 Å². The van der Waals surface area contributed by atoms with Gasteiger partial charge in [0.1, 0.15) is 11.5 Å². The number of carbonyl (C=O) groups excluding carboxylic acids is 2. The third-order valence-electron chi connectivity index (χ3n) is 4.54. The average molecular weight is 325 g/mol. The van der Waals surface area contributed by atoms with Gasteiger partial charge in [-0.15, -0.1) is 0 Å². The fourth-order valence-electron chi connectivity index (χ4n) is 3.39. The first-order valence-electron chi connectivity index (χ1n) is 8.61. The van der Waals surface area contributed by atoms with Crippen molar-refractivity contribution >= 4 is 11.6 Å². The first-order chi connectivity index (χ1) is 11.6. The second-order valence-electron chi connectivity index (χ2n) is 6.33. The smallest absolute Gasteiger partial charge is 0.237 e. The predicted octanol–water partition coefficient (Wildman–Crippen LogP) is 4.26. The standard InChI is InChI=1S/C20H23NO3/c1-4-10-21(11-5-2)12-16-13(3)17-19(23)18(22)14-8-6-7-9-15(14)20(17)24-16/h6-9H,4-5,10-12H2,1-3H3. The summed E-state index contributed by atoms with van der Waals surface area (Å²) >= 11 is 0. The Bertz CT molecular complexity index is 782. The van der Waals surface area contributed by atoms with Crippen LogP contribution < -0.4 is 0 Å². The number of hydrogen-bond donors (Lipinski definition) is 0. The molecule has 1 aromatic carbocycles. The molecule has 126 valence electrons. The molecular weight excluding hydrogens is 302 g/mol. The fraction of sp³-hybridized carbons (Fsp3) is 0.400. The Kier molecular flexibility index (Phi) is 4.67. The minimum atomic E-state index is -0.450. The molecule has 1 heterocycles. The topological polar surface area (TPSA) is 50.5 Å². The SMILES string of the molecule is CCCN(CCC)Cc1oc2c(c1C)C(=O)C(=O)c1ccccc1-2. The van der Waals surface area contributed by atoms with Gasteiger partial charge in [0.2, 0.25) is 11.6 Å². The largest absolute Gasteiger partial charge is 0.459 e. The second-order valence-corrected chi connectivity index (χ2v) is 6.33. The number of benzene rings is 1. The van der Waals surface area contributed by atoms with Crippen molar-refractivity contribution in [1.29, 1.82) is 0 Å². The molecule has 1 aromatic heterocycles. The van der Waals surface area contributed by atoms with Gasteiger partial charge in [-0.1, -0.05) is 38.1 Å². The van der Waals surface area contributed by atoms with E-state index in [0.29, 0.717) is 23.4 Å². The highest BCUT2D eigenvalue weighted by Crippen LogP contribution is 2.38. The molecule has 4 heteroatoms. The molecule has 0 spiro atoms. The highest BCUT2D eigenvalue weighted by atomic mass is 16.3. The molecule has 0 fully saturated rings. The van der Waals surface area contributed by atoms with Crippen LogP contribution in [0, 0.1) is 6.92 Å². The van der Waals surface area contributed by atoms with Gasteiger partial charge >= 0.3 is 0 Å². The lowest BCUT2D eigenvalue weighted by Gasteiger charge is -2.19. The molecule has 1 aliphatic rings. The van der Waals surface area contributed by atoms with E-state index in [4.69, 9.17) is 4.42 Å². The molecule has 0 atom stereocenters. The van der Waals surface area contributed by atoms with Crippen LogP contribution >= 0.6 is 0 Å². The van der Waals surface area contributed by atoms with Gasteiger partial charge in [-0.05, 0) is 32.9 Å². The zero-order valence-electron chi connectivity index (χ0n) is 14.5. The van der Waals surface area contributed by atoms with Gasteiger partial charge < -0.3 is 4.42 Å². The van der Waals surface area contributed by atoms with E-state index in [9.17, 15) is 9.59 Å². The van der Waals surface area contributed by atoms with Crippen LogP contribution in [0.2, 0.25) is 0 Å². The van der Waals surface area contributed by atoms with Crippen LogP contribution in [-0.4, -0.2) is 29.6 Å². The van der Waals surface area contributed by atoms with Crippen LogP contribution in [0.15, 0.2) is 28.7 Å². The molecule has 1 aliphatic carbocycles. The van der Waals surface area contributed by atoms with E-state index in [0.717, 1.165) is 42.8 Å². The zero-order valence-corrected chi connectivity index (χ0v) is 14.5. The molecule has 0 unspecified atom stereocenters. The van der Waals surface area contributed by atoms with Crippen LogP contribution in [0.3, 0.4) is 0 Å². The van der Waals surface area contributed by atoms with Gasteiger partial charge in [0, 0.05) is 16.7 Å². The fourth-order valence-corrected chi connectivity index (χ4v) is 3.39. The maximum Gasteiger partial charge on any atom is 0.237 e. The minimum absolute atomic E-state index is 0.437. The van der Waals surface area contributed by atoms with E-state index in [1.165, 1.54) is 0 Å². The van der Waals surface area contributed by atoms with Gasteiger partial charge in [-0.3, -0.25) is 14.5 Å². The third-order valence-corrected chi connectivity index (χ3v) is 4.54. The molecular formula is C20H23NO3. The van der Waals surface area contributed by atoms with Crippen molar-refractivity contribution in [2.45, 2.75) is 40.2 Å². The second kappa shape index (κ2) is 6.73. The number of nitrogens with zero attached hydrogens (tertiary/aromatic N) is 1. The van der Waals surface area contributed by atoms with E-state index >= 15 is 0 Å². The Morgan fingerprint density at radius 2 is 1.58 bits per heavy atom. The summed E-state index contributed by atoms with van der Waals surface area (Å²) in [5.41, 5.74) is 2.41. The Morgan fingerprint density at radius 3 is 2.21 bits per heavy atom. The summed E-state index contributed by atoms with van der Waals surface area (Å²) < 4.78 is 6.09. The number of carbonyl (C=O) groups is 2. The Labute approximate surface area is 142 Å². The summed E-state index contributed by atoms with van der Waals surface area (Å²) in [7, 11) is 0. The zero-order chi connectivity index (χ0) is 17.3. The van der Waals surface area contributed by atoms with E-state index in [2.05, 4.69) is 18.7 Å². The van der Waals surface area contributed by atoms with Gasteiger partial charge in [0.15, 0.2) is 0 Å². The van der Waals surface area contributed by atoms with Crippen LogP contribution in [0.5, 0.6) is 0 Å². The van der Waals surface area contributed by atoms with Crippen molar-refractivity contribution < 1.29 is 14.0 Å². The maximum absolute atomic E-state index is 12.5. The first kappa shape index (κ1) is 16.7. The molecule has 3 rings (SSSR count). The lowest BCUT2D eigenvalue weighted by molar-refractivity contribution is 0.0814. The molecule has 0 N–H and O–H groups in total. The van der Waals surface area contributed by atoms with Crippen LogP contribution in [0.4, 0.5) is 0 Å². The monoisotopic (exact) mass is 325 g/mol. The summed E-state index contributed by atoms with van der Waals surface area (Å²) in [6.45, 7) is 8.84. The highest BCUT2D eigenvalue weighted by molar-refractivity contribution is 6.53. The summed E-state index contributed by atoms with van der Waals surface area (Å²) in [5, 5.41) is 0.